The van der Waals surface area contributed by atoms with Gasteiger partial charge in [-0.15, -0.1) is 0 Å². The molecule has 1 heterocycles. The number of hydrogen-bond donors (Lipinski definition) is 3. The number of nitrogens with two attached hydrogens (primary N) is 1. The van der Waals surface area contributed by atoms with Crippen molar-refractivity contribution >= 4 is 5.91 Å². The van der Waals surface area contributed by atoms with E-state index in [1.165, 1.54) is 0 Å². The predicted octanol–water partition coefficient (Wildman–Crippen LogP) is -0.798. The molecular formula is C8H17N3O. The molecule has 1 aliphatic heterocycles. The van der Waals surface area contributed by atoms with Gasteiger partial charge in [-0.25, -0.2) is 0 Å². The summed E-state index contributed by atoms with van der Waals surface area (Å²) in [7, 11) is 1.79. The molecule has 2 unspecified atom stereocenters. The standard InChI is InChI=1S/C8H17N3O/c1-6-8(10-2,7(9)12)4-3-5-11-6/h6,10-11H,3-5H2,1-2H3,(H2,9,12). The van der Waals surface area contributed by atoms with E-state index >= 15 is 0 Å². The Hall–Kier alpha value is -0.610. The van der Waals surface area contributed by atoms with Crippen molar-refractivity contribution in [2.45, 2.75) is 31.3 Å². The Kier molecular flexibility index (Phi) is 2.69. The number of piperidine rings is 1. The van der Waals surface area contributed by atoms with E-state index in [1.54, 1.807) is 7.05 Å². The van der Waals surface area contributed by atoms with Gasteiger partial charge in [-0.05, 0) is 33.4 Å². The zero-order valence-electron chi connectivity index (χ0n) is 7.68. The lowest BCUT2D eigenvalue weighted by Crippen LogP contribution is -2.67. The van der Waals surface area contributed by atoms with Gasteiger partial charge in [-0.2, -0.15) is 0 Å². The molecular weight excluding hydrogens is 154 g/mol. The Morgan fingerprint density at radius 3 is 2.75 bits per heavy atom. The number of rotatable bonds is 2. The van der Waals surface area contributed by atoms with Gasteiger partial charge in [-0.1, -0.05) is 0 Å². The highest BCUT2D eigenvalue weighted by Gasteiger charge is 2.41. The molecule has 12 heavy (non-hydrogen) atoms. The molecule has 4 heteroatoms. The van der Waals surface area contributed by atoms with Crippen molar-refractivity contribution in [3.63, 3.8) is 0 Å². The van der Waals surface area contributed by atoms with E-state index in [-0.39, 0.29) is 11.9 Å². The van der Waals surface area contributed by atoms with Crippen molar-refractivity contribution in [3.8, 4) is 0 Å². The number of carbonyl (C=O) groups excluding carboxylic acids is 1. The first kappa shape index (κ1) is 9.48. The first-order valence-corrected chi connectivity index (χ1v) is 4.35. The first-order valence-electron chi connectivity index (χ1n) is 4.35. The summed E-state index contributed by atoms with van der Waals surface area (Å²) in [6, 6.07) is 0.119. The number of nitrogens with one attached hydrogen (secondary N) is 2. The van der Waals surface area contributed by atoms with E-state index in [9.17, 15) is 4.79 Å². The van der Waals surface area contributed by atoms with Gasteiger partial charge in [0, 0.05) is 6.04 Å². The van der Waals surface area contributed by atoms with Crippen LogP contribution >= 0.6 is 0 Å². The van der Waals surface area contributed by atoms with E-state index in [0.29, 0.717) is 0 Å². The molecule has 0 aromatic rings. The average molecular weight is 171 g/mol. The molecule has 0 aliphatic carbocycles. The third-order valence-corrected chi connectivity index (χ3v) is 2.82. The van der Waals surface area contributed by atoms with E-state index in [0.717, 1.165) is 19.4 Å². The number of likely N-dealkylation sites (N-methyl/N-ethyl adjacent to an activating group) is 1. The van der Waals surface area contributed by atoms with E-state index < -0.39 is 5.54 Å². The maximum absolute atomic E-state index is 11.2. The number of carbonyl (C=O) groups is 1. The van der Waals surface area contributed by atoms with Crippen LogP contribution in [-0.2, 0) is 4.79 Å². The van der Waals surface area contributed by atoms with Crippen LogP contribution in [0.5, 0.6) is 0 Å². The summed E-state index contributed by atoms with van der Waals surface area (Å²) in [5, 5.41) is 6.27. The van der Waals surface area contributed by atoms with Crippen LogP contribution in [0.2, 0.25) is 0 Å². The van der Waals surface area contributed by atoms with Crippen molar-refractivity contribution in [3.05, 3.63) is 0 Å². The third-order valence-electron chi connectivity index (χ3n) is 2.82. The SMILES string of the molecule is CNC1(C(N)=O)CCCNC1C. The van der Waals surface area contributed by atoms with Crippen molar-refractivity contribution in [1.82, 2.24) is 10.6 Å². The average Bonchev–Trinajstić information content (AvgIpc) is 2.05. The maximum atomic E-state index is 11.2. The highest BCUT2D eigenvalue weighted by molar-refractivity contribution is 5.85. The monoisotopic (exact) mass is 171 g/mol. The number of amides is 1. The second-order valence-electron chi connectivity index (χ2n) is 3.36. The summed E-state index contributed by atoms with van der Waals surface area (Å²) in [5.74, 6) is -0.260. The summed E-state index contributed by atoms with van der Waals surface area (Å²) in [5.41, 5.74) is 4.82. The molecule has 1 amide bonds. The Morgan fingerprint density at radius 1 is 1.75 bits per heavy atom. The molecule has 0 radical (unpaired) electrons. The Bertz CT molecular complexity index is 183. The van der Waals surface area contributed by atoms with Gasteiger partial charge >= 0.3 is 0 Å². The van der Waals surface area contributed by atoms with Gasteiger partial charge in [-0.3, -0.25) is 4.79 Å². The van der Waals surface area contributed by atoms with Crippen LogP contribution in [0.15, 0.2) is 0 Å². The van der Waals surface area contributed by atoms with Crippen LogP contribution in [0.3, 0.4) is 0 Å². The molecule has 4 N–H and O–H groups in total. The highest BCUT2D eigenvalue weighted by Crippen LogP contribution is 2.20. The Labute approximate surface area is 72.9 Å². The van der Waals surface area contributed by atoms with Crippen LogP contribution in [0.4, 0.5) is 0 Å². The molecule has 1 saturated heterocycles. The fraction of sp³-hybridized carbons (Fsp3) is 0.875. The molecule has 0 bridgehead atoms. The van der Waals surface area contributed by atoms with Gasteiger partial charge in [0.05, 0.1) is 0 Å². The van der Waals surface area contributed by atoms with Crippen LogP contribution in [-0.4, -0.2) is 31.1 Å². The molecule has 1 aliphatic rings. The van der Waals surface area contributed by atoms with Crippen molar-refractivity contribution in [1.29, 1.82) is 0 Å². The minimum atomic E-state index is -0.543. The summed E-state index contributed by atoms with van der Waals surface area (Å²) in [6.07, 6.45) is 1.82. The second kappa shape index (κ2) is 3.41. The topological polar surface area (TPSA) is 67.1 Å². The molecule has 0 saturated carbocycles. The Morgan fingerprint density at radius 2 is 2.42 bits per heavy atom. The molecule has 1 rings (SSSR count). The van der Waals surface area contributed by atoms with Gasteiger partial charge in [0.25, 0.3) is 0 Å². The maximum Gasteiger partial charge on any atom is 0.239 e. The van der Waals surface area contributed by atoms with Crippen LogP contribution in [0.25, 0.3) is 0 Å². The fourth-order valence-electron chi connectivity index (χ4n) is 1.88. The van der Waals surface area contributed by atoms with Gasteiger partial charge < -0.3 is 16.4 Å². The van der Waals surface area contributed by atoms with E-state index in [2.05, 4.69) is 10.6 Å². The van der Waals surface area contributed by atoms with Crippen LogP contribution < -0.4 is 16.4 Å². The fourth-order valence-corrected chi connectivity index (χ4v) is 1.88. The van der Waals surface area contributed by atoms with E-state index in [4.69, 9.17) is 5.73 Å². The predicted molar refractivity (Wildman–Crippen MR) is 47.7 cm³/mol. The van der Waals surface area contributed by atoms with Crippen LogP contribution in [0.1, 0.15) is 19.8 Å². The molecule has 1 fully saturated rings. The first-order chi connectivity index (χ1) is 5.63. The lowest BCUT2D eigenvalue weighted by atomic mass is 9.82. The smallest absolute Gasteiger partial charge is 0.239 e. The van der Waals surface area contributed by atoms with Gasteiger partial charge in [0.1, 0.15) is 5.54 Å². The molecule has 0 aromatic heterocycles. The Balaban J connectivity index is 2.81. The zero-order chi connectivity index (χ0) is 9.19. The number of primary amides is 1. The van der Waals surface area contributed by atoms with Crippen molar-refractivity contribution in [2.75, 3.05) is 13.6 Å². The summed E-state index contributed by atoms with van der Waals surface area (Å²) in [6.45, 7) is 2.96. The largest absolute Gasteiger partial charge is 0.368 e. The molecule has 70 valence electrons. The number of hydrogen-bond acceptors (Lipinski definition) is 3. The second-order valence-corrected chi connectivity index (χ2v) is 3.36. The summed E-state index contributed by atoms with van der Waals surface area (Å²) in [4.78, 5) is 11.2. The lowest BCUT2D eigenvalue weighted by molar-refractivity contribution is -0.126. The normalized spacial score (nSPS) is 36.3. The van der Waals surface area contributed by atoms with Gasteiger partial charge in [0.15, 0.2) is 0 Å². The van der Waals surface area contributed by atoms with Crippen molar-refractivity contribution in [2.24, 2.45) is 5.73 Å². The molecule has 0 aromatic carbocycles. The van der Waals surface area contributed by atoms with Gasteiger partial charge in [0.2, 0.25) is 5.91 Å². The van der Waals surface area contributed by atoms with E-state index in [1.807, 2.05) is 6.92 Å². The molecule has 2 atom stereocenters. The van der Waals surface area contributed by atoms with Crippen molar-refractivity contribution < 1.29 is 4.79 Å². The summed E-state index contributed by atoms with van der Waals surface area (Å²) >= 11 is 0. The summed E-state index contributed by atoms with van der Waals surface area (Å²) < 4.78 is 0. The zero-order valence-corrected chi connectivity index (χ0v) is 7.68. The van der Waals surface area contributed by atoms with Crippen LogP contribution in [0, 0.1) is 0 Å². The lowest BCUT2D eigenvalue weighted by Gasteiger charge is -2.40. The quantitative estimate of drug-likeness (QED) is 0.509. The minimum Gasteiger partial charge on any atom is -0.368 e. The minimum absolute atomic E-state index is 0.119. The highest BCUT2D eigenvalue weighted by atomic mass is 16.1. The molecule has 0 spiro atoms. The molecule has 4 nitrogen and oxygen atoms in total. The third kappa shape index (κ3) is 1.32.